The Labute approximate surface area is 123 Å². The summed E-state index contributed by atoms with van der Waals surface area (Å²) in [5.74, 6) is -0.775. The molecule has 0 saturated carbocycles. The van der Waals surface area contributed by atoms with Crippen molar-refractivity contribution in [1.29, 1.82) is 0 Å². The molecule has 1 heterocycles. The molecule has 0 bridgehead atoms. The number of nitrogens with one attached hydrogen (secondary N) is 1. The van der Waals surface area contributed by atoms with E-state index < -0.39 is 5.79 Å². The number of benzene rings is 2. The molecule has 0 aliphatic carbocycles. The number of rotatable bonds is 5. The van der Waals surface area contributed by atoms with E-state index in [0.29, 0.717) is 12.2 Å². The van der Waals surface area contributed by atoms with Crippen LogP contribution in [0.1, 0.15) is 11.3 Å². The fraction of sp³-hybridized carbons (Fsp3) is 0.111. The number of hydrogen-bond donors (Lipinski definition) is 2. The van der Waals surface area contributed by atoms with Crippen LogP contribution in [0.15, 0.2) is 79.0 Å². The van der Waals surface area contributed by atoms with E-state index in [9.17, 15) is 5.11 Å². The third kappa shape index (κ3) is 3.15. The minimum atomic E-state index is -1.41. The minimum absolute atomic E-state index is 0.346. The Kier molecular flexibility index (Phi) is 3.75. The topological polar surface area (TPSA) is 45.2 Å². The summed E-state index contributed by atoms with van der Waals surface area (Å²) in [6.07, 6.45) is 2.18. The van der Waals surface area contributed by atoms with E-state index in [-0.39, 0.29) is 0 Å². The molecule has 3 nitrogen and oxygen atoms in total. The van der Waals surface area contributed by atoms with Crippen molar-refractivity contribution < 1.29 is 9.84 Å². The number of para-hydroxylation sites is 1. The molecule has 1 atom stereocenters. The van der Waals surface area contributed by atoms with Crippen LogP contribution in [0.4, 0.5) is 0 Å². The molecular weight excluding hydrogens is 262 g/mol. The van der Waals surface area contributed by atoms with Crippen LogP contribution in [0.5, 0.6) is 5.75 Å². The molecule has 3 rings (SSSR count). The van der Waals surface area contributed by atoms with Crippen LogP contribution in [-0.2, 0) is 12.2 Å². The van der Waals surface area contributed by atoms with Gasteiger partial charge in [0.25, 0.3) is 0 Å². The van der Waals surface area contributed by atoms with Gasteiger partial charge in [0, 0.05) is 17.5 Å². The van der Waals surface area contributed by atoms with E-state index >= 15 is 0 Å². The maximum Gasteiger partial charge on any atom is 0.240 e. The van der Waals surface area contributed by atoms with Crippen molar-refractivity contribution >= 4 is 0 Å². The molecule has 0 radical (unpaired) electrons. The second-order valence-corrected chi connectivity index (χ2v) is 4.94. The summed E-state index contributed by atoms with van der Waals surface area (Å²) in [5.41, 5.74) is 1.64. The van der Waals surface area contributed by atoms with Crippen LogP contribution < -0.4 is 4.74 Å². The molecule has 1 unspecified atom stereocenters. The first kappa shape index (κ1) is 13.5. The summed E-state index contributed by atoms with van der Waals surface area (Å²) < 4.78 is 5.90. The van der Waals surface area contributed by atoms with E-state index in [2.05, 4.69) is 4.98 Å². The molecular formula is C18H17NO2. The van der Waals surface area contributed by atoms with E-state index in [1.54, 1.807) is 0 Å². The summed E-state index contributed by atoms with van der Waals surface area (Å²) >= 11 is 0. The highest BCUT2D eigenvalue weighted by Crippen LogP contribution is 2.29. The molecule has 2 aromatic carbocycles. The lowest BCUT2D eigenvalue weighted by Gasteiger charge is -2.29. The van der Waals surface area contributed by atoms with Crippen molar-refractivity contribution in [3.63, 3.8) is 0 Å². The average molecular weight is 279 g/mol. The van der Waals surface area contributed by atoms with E-state index in [1.807, 2.05) is 79.0 Å². The third-order valence-corrected chi connectivity index (χ3v) is 3.35. The van der Waals surface area contributed by atoms with E-state index in [1.165, 1.54) is 0 Å². The standard InChI is InChI=1S/C18H17NO2/c20-18(14-16-10-7-13-19-16,15-8-3-1-4-9-15)21-17-11-5-2-6-12-17/h1-13,19-20H,14H2. The normalized spacial score (nSPS) is 13.6. The number of aromatic nitrogens is 1. The Hall–Kier alpha value is -2.52. The lowest BCUT2D eigenvalue weighted by Crippen LogP contribution is -2.35. The summed E-state index contributed by atoms with van der Waals surface area (Å²) in [6.45, 7) is 0. The summed E-state index contributed by atoms with van der Waals surface area (Å²) in [4.78, 5) is 3.11. The zero-order valence-electron chi connectivity index (χ0n) is 11.6. The Balaban J connectivity index is 1.94. The molecule has 0 spiro atoms. The Morgan fingerprint density at radius 2 is 1.52 bits per heavy atom. The number of aliphatic hydroxyl groups is 1. The molecule has 3 heteroatoms. The predicted molar refractivity (Wildman–Crippen MR) is 81.9 cm³/mol. The minimum Gasteiger partial charge on any atom is -0.458 e. The van der Waals surface area contributed by atoms with Crippen molar-refractivity contribution in [3.05, 3.63) is 90.3 Å². The smallest absolute Gasteiger partial charge is 0.240 e. The van der Waals surface area contributed by atoms with Crippen molar-refractivity contribution in [2.24, 2.45) is 0 Å². The summed E-state index contributed by atoms with van der Waals surface area (Å²) in [5, 5.41) is 11.1. The van der Waals surface area contributed by atoms with Crippen molar-refractivity contribution in [1.82, 2.24) is 4.98 Å². The van der Waals surface area contributed by atoms with Gasteiger partial charge in [-0.25, -0.2) is 0 Å². The largest absolute Gasteiger partial charge is 0.458 e. The lowest BCUT2D eigenvalue weighted by atomic mass is 10.0. The molecule has 1 aromatic heterocycles. The lowest BCUT2D eigenvalue weighted by molar-refractivity contribution is -0.145. The van der Waals surface area contributed by atoms with Gasteiger partial charge in [0.15, 0.2) is 0 Å². The predicted octanol–water partition coefficient (Wildman–Crippen LogP) is 3.48. The van der Waals surface area contributed by atoms with Gasteiger partial charge in [-0.05, 0) is 24.3 Å². The summed E-state index contributed by atoms with van der Waals surface area (Å²) in [7, 11) is 0. The SMILES string of the molecule is OC(Cc1ccc[nH]1)(Oc1ccccc1)c1ccccc1. The zero-order chi connectivity index (χ0) is 14.5. The monoisotopic (exact) mass is 279 g/mol. The maximum absolute atomic E-state index is 11.1. The Bertz CT molecular complexity index is 665. The fourth-order valence-corrected chi connectivity index (χ4v) is 2.31. The number of ether oxygens (including phenoxy) is 1. The van der Waals surface area contributed by atoms with Crippen LogP contribution in [0.25, 0.3) is 0 Å². The quantitative estimate of drug-likeness (QED) is 0.702. The second-order valence-electron chi connectivity index (χ2n) is 4.94. The second kappa shape index (κ2) is 5.85. The number of H-pyrrole nitrogens is 1. The van der Waals surface area contributed by atoms with Gasteiger partial charge in [0.05, 0.1) is 6.42 Å². The molecule has 3 aromatic rings. The average Bonchev–Trinajstić information content (AvgIpc) is 3.02. The highest BCUT2D eigenvalue weighted by Gasteiger charge is 2.32. The van der Waals surface area contributed by atoms with Crippen LogP contribution in [-0.4, -0.2) is 10.1 Å². The van der Waals surface area contributed by atoms with Crippen molar-refractivity contribution in [3.8, 4) is 5.75 Å². The molecule has 0 aliphatic rings. The number of aromatic amines is 1. The van der Waals surface area contributed by atoms with Gasteiger partial charge in [0.1, 0.15) is 5.75 Å². The molecule has 0 aliphatic heterocycles. The molecule has 2 N–H and O–H groups in total. The molecule has 106 valence electrons. The molecule has 21 heavy (non-hydrogen) atoms. The van der Waals surface area contributed by atoms with Gasteiger partial charge in [-0.3, -0.25) is 0 Å². The van der Waals surface area contributed by atoms with Crippen LogP contribution in [0.3, 0.4) is 0 Å². The highest BCUT2D eigenvalue weighted by atomic mass is 16.6. The molecule has 0 amide bonds. The van der Waals surface area contributed by atoms with Gasteiger partial charge in [-0.1, -0.05) is 48.5 Å². The van der Waals surface area contributed by atoms with Crippen LogP contribution in [0.2, 0.25) is 0 Å². The number of hydrogen-bond acceptors (Lipinski definition) is 2. The molecule has 0 fully saturated rings. The van der Waals surface area contributed by atoms with Gasteiger partial charge in [-0.15, -0.1) is 0 Å². The highest BCUT2D eigenvalue weighted by molar-refractivity contribution is 5.27. The Morgan fingerprint density at radius 1 is 0.857 bits per heavy atom. The fourth-order valence-electron chi connectivity index (χ4n) is 2.31. The third-order valence-electron chi connectivity index (χ3n) is 3.35. The first-order valence-corrected chi connectivity index (χ1v) is 6.90. The van der Waals surface area contributed by atoms with Gasteiger partial charge >= 0.3 is 0 Å². The van der Waals surface area contributed by atoms with E-state index in [0.717, 1.165) is 11.3 Å². The zero-order valence-corrected chi connectivity index (χ0v) is 11.6. The van der Waals surface area contributed by atoms with Crippen molar-refractivity contribution in [2.45, 2.75) is 12.2 Å². The van der Waals surface area contributed by atoms with Crippen molar-refractivity contribution in [2.75, 3.05) is 0 Å². The maximum atomic E-state index is 11.1. The van der Waals surface area contributed by atoms with Gasteiger partial charge in [0.2, 0.25) is 5.79 Å². The van der Waals surface area contributed by atoms with Gasteiger partial charge < -0.3 is 14.8 Å². The first-order valence-electron chi connectivity index (χ1n) is 6.90. The first-order chi connectivity index (χ1) is 10.3. The summed E-state index contributed by atoms with van der Waals surface area (Å²) in [6, 6.07) is 22.6. The molecule has 0 saturated heterocycles. The van der Waals surface area contributed by atoms with Crippen LogP contribution in [0, 0.1) is 0 Å². The van der Waals surface area contributed by atoms with E-state index in [4.69, 9.17) is 4.74 Å². The van der Waals surface area contributed by atoms with Crippen LogP contribution >= 0.6 is 0 Å². The van der Waals surface area contributed by atoms with Gasteiger partial charge in [-0.2, -0.15) is 0 Å². The Morgan fingerprint density at radius 3 is 2.14 bits per heavy atom.